The summed E-state index contributed by atoms with van der Waals surface area (Å²) < 4.78 is 0. The number of pyridine rings is 1. The predicted molar refractivity (Wildman–Crippen MR) is 81.9 cm³/mol. The lowest BCUT2D eigenvalue weighted by Crippen LogP contribution is -2.39. The molecule has 4 nitrogen and oxygen atoms in total. The van der Waals surface area contributed by atoms with Gasteiger partial charge in [-0.25, -0.2) is 0 Å². The molecule has 1 amide bonds. The zero-order valence-electron chi connectivity index (χ0n) is 12.5. The van der Waals surface area contributed by atoms with Gasteiger partial charge in [-0.05, 0) is 37.8 Å². The normalized spacial score (nSPS) is 22.9. The van der Waals surface area contributed by atoms with Crippen molar-refractivity contribution < 1.29 is 4.79 Å². The summed E-state index contributed by atoms with van der Waals surface area (Å²) in [5, 5.41) is 6.37. The topological polar surface area (TPSA) is 54.0 Å². The van der Waals surface area contributed by atoms with E-state index in [0.29, 0.717) is 11.6 Å². The molecule has 0 aliphatic heterocycles. The van der Waals surface area contributed by atoms with Crippen molar-refractivity contribution in [2.75, 3.05) is 11.9 Å². The van der Waals surface area contributed by atoms with E-state index in [1.807, 2.05) is 19.1 Å². The first-order valence-corrected chi connectivity index (χ1v) is 7.71. The number of amides is 1. The third-order valence-corrected chi connectivity index (χ3v) is 4.05. The van der Waals surface area contributed by atoms with E-state index in [-0.39, 0.29) is 11.9 Å². The predicted octanol–water partition coefficient (Wildman–Crippen LogP) is 3.21. The van der Waals surface area contributed by atoms with Crippen molar-refractivity contribution in [2.24, 2.45) is 5.92 Å². The fourth-order valence-electron chi connectivity index (χ4n) is 2.82. The van der Waals surface area contributed by atoms with E-state index in [1.165, 1.54) is 25.7 Å². The Morgan fingerprint density at radius 3 is 2.95 bits per heavy atom. The molecule has 1 saturated carbocycles. The van der Waals surface area contributed by atoms with Gasteiger partial charge in [-0.15, -0.1) is 0 Å². The van der Waals surface area contributed by atoms with Gasteiger partial charge in [0.25, 0.3) is 5.91 Å². The van der Waals surface area contributed by atoms with Crippen molar-refractivity contribution in [3.63, 3.8) is 0 Å². The lowest BCUT2D eigenvalue weighted by atomic mass is 9.97. The van der Waals surface area contributed by atoms with Crippen LogP contribution in [-0.2, 0) is 0 Å². The first-order chi connectivity index (χ1) is 9.70. The van der Waals surface area contributed by atoms with Crippen LogP contribution in [-0.4, -0.2) is 23.5 Å². The molecule has 4 heteroatoms. The summed E-state index contributed by atoms with van der Waals surface area (Å²) in [5.74, 6) is 0.502. The number of carbonyl (C=O) groups excluding carboxylic acids is 1. The van der Waals surface area contributed by atoms with Crippen LogP contribution >= 0.6 is 0 Å². The maximum atomic E-state index is 12.3. The average molecular weight is 275 g/mol. The summed E-state index contributed by atoms with van der Waals surface area (Å²) in [5.41, 5.74) is 1.45. The number of hydrogen-bond donors (Lipinski definition) is 2. The maximum absolute atomic E-state index is 12.3. The first kappa shape index (κ1) is 14.8. The standard InChI is InChI=1S/C16H25N3O/c1-3-17-13-9-10-18-15(11-13)16(20)19-14-8-6-4-5-7-12(14)2/h9-12,14H,3-8H2,1-2H3,(H,17,18)(H,19,20). The molecule has 2 unspecified atom stereocenters. The molecule has 2 rings (SSSR count). The van der Waals surface area contributed by atoms with Crippen LogP contribution < -0.4 is 10.6 Å². The van der Waals surface area contributed by atoms with Crippen LogP contribution in [0.2, 0.25) is 0 Å². The zero-order valence-corrected chi connectivity index (χ0v) is 12.5. The number of hydrogen-bond acceptors (Lipinski definition) is 3. The Bertz CT molecular complexity index is 447. The summed E-state index contributed by atoms with van der Waals surface area (Å²) >= 11 is 0. The summed E-state index contributed by atoms with van der Waals surface area (Å²) in [7, 11) is 0. The van der Waals surface area contributed by atoms with E-state index in [0.717, 1.165) is 18.7 Å². The molecule has 2 atom stereocenters. The second kappa shape index (κ2) is 7.27. The molecule has 0 saturated heterocycles. The van der Waals surface area contributed by atoms with E-state index in [1.54, 1.807) is 6.20 Å². The Hall–Kier alpha value is -1.58. The Morgan fingerprint density at radius 1 is 1.35 bits per heavy atom. The molecule has 1 aliphatic carbocycles. The second-order valence-electron chi connectivity index (χ2n) is 5.66. The van der Waals surface area contributed by atoms with Gasteiger partial charge >= 0.3 is 0 Å². The third-order valence-electron chi connectivity index (χ3n) is 4.05. The van der Waals surface area contributed by atoms with Crippen molar-refractivity contribution in [1.29, 1.82) is 0 Å². The van der Waals surface area contributed by atoms with Crippen LogP contribution in [0.3, 0.4) is 0 Å². The Kier molecular flexibility index (Phi) is 5.39. The van der Waals surface area contributed by atoms with Crippen molar-refractivity contribution >= 4 is 11.6 Å². The summed E-state index contributed by atoms with van der Waals surface area (Å²) in [6.45, 7) is 5.11. The van der Waals surface area contributed by atoms with Crippen molar-refractivity contribution in [3.05, 3.63) is 24.0 Å². The molecule has 1 heterocycles. The smallest absolute Gasteiger partial charge is 0.270 e. The van der Waals surface area contributed by atoms with E-state index in [4.69, 9.17) is 0 Å². The van der Waals surface area contributed by atoms with Gasteiger partial charge in [0.2, 0.25) is 0 Å². The van der Waals surface area contributed by atoms with Crippen LogP contribution in [0.4, 0.5) is 5.69 Å². The molecule has 0 bridgehead atoms. The van der Waals surface area contributed by atoms with Crippen LogP contribution in [0.5, 0.6) is 0 Å². The lowest BCUT2D eigenvalue weighted by molar-refractivity contribution is 0.0916. The number of carbonyl (C=O) groups is 1. The number of anilines is 1. The minimum absolute atomic E-state index is 0.0523. The van der Waals surface area contributed by atoms with Gasteiger partial charge in [-0.2, -0.15) is 0 Å². The summed E-state index contributed by atoms with van der Waals surface area (Å²) in [6.07, 6.45) is 7.74. The zero-order chi connectivity index (χ0) is 14.4. The highest BCUT2D eigenvalue weighted by Gasteiger charge is 2.22. The SMILES string of the molecule is CCNc1ccnc(C(=O)NC2CCCCCC2C)c1. The van der Waals surface area contributed by atoms with Gasteiger partial charge in [-0.1, -0.05) is 26.2 Å². The third kappa shape index (κ3) is 3.95. The molecule has 110 valence electrons. The van der Waals surface area contributed by atoms with Gasteiger partial charge in [-0.3, -0.25) is 9.78 Å². The van der Waals surface area contributed by atoms with Gasteiger partial charge < -0.3 is 10.6 Å². The minimum atomic E-state index is -0.0523. The molecular formula is C16H25N3O. The Balaban J connectivity index is 2.01. The molecule has 0 spiro atoms. The fraction of sp³-hybridized carbons (Fsp3) is 0.625. The number of nitrogens with one attached hydrogen (secondary N) is 2. The molecule has 1 aromatic rings. The van der Waals surface area contributed by atoms with Crippen LogP contribution in [0.1, 0.15) is 56.4 Å². The van der Waals surface area contributed by atoms with Gasteiger partial charge in [0, 0.05) is 24.5 Å². The van der Waals surface area contributed by atoms with E-state index >= 15 is 0 Å². The Morgan fingerprint density at radius 2 is 2.15 bits per heavy atom. The lowest BCUT2D eigenvalue weighted by Gasteiger charge is -2.22. The highest BCUT2D eigenvalue weighted by atomic mass is 16.1. The molecule has 0 aromatic carbocycles. The summed E-state index contributed by atoms with van der Waals surface area (Å²) in [6, 6.07) is 3.99. The van der Waals surface area contributed by atoms with Gasteiger partial charge in [0.15, 0.2) is 0 Å². The van der Waals surface area contributed by atoms with Crippen molar-refractivity contribution in [2.45, 2.75) is 52.0 Å². The second-order valence-corrected chi connectivity index (χ2v) is 5.66. The number of rotatable bonds is 4. The highest BCUT2D eigenvalue weighted by molar-refractivity contribution is 5.93. The van der Waals surface area contributed by atoms with Gasteiger partial charge in [0.05, 0.1) is 0 Å². The largest absolute Gasteiger partial charge is 0.385 e. The van der Waals surface area contributed by atoms with Crippen molar-refractivity contribution in [1.82, 2.24) is 10.3 Å². The van der Waals surface area contributed by atoms with Crippen LogP contribution in [0, 0.1) is 5.92 Å². The molecule has 20 heavy (non-hydrogen) atoms. The molecule has 1 aromatic heterocycles. The Labute approximate surface area is 121 Å². The molecule has 2 N–H and O–H groups in total. The fourth-order valence-corrected chi connectivity index (χ4v) is 2.82. The highest BCUT2D eigenvalue weighted by Crippen LogP contribution is 2.23. The van der Waals surface area contributed by atoms with Crippen molar-refractivity contribution in [3.8, 4) is 0 Å². The maximum Gasteiger partial charge on any atom is 0.270 e. The quantitative estimate of drug-likeness (QED) is 0.830. The molecule has 1 fully saturated rings. The minimum Gasteiger partial charge on any atom is -0.385 e. The molecule has 1 aliphatic rings. The van der Waals surface area contributed by atoms with E-state index in [9.17, 15) is 4.79 Å². The monoisotopic (exact) mass is 275 g/mol. The molecular weight excluding hydrogens is 250 g/mol. The van der Waals surface area contributed by atoms with Crippen LogP contribution in [0.25, 0.3) is 0 Å². The number of aromatic nitrogens is 1. The van der Waals surface area contributed by atoms with E-state index in [2.05, 4.69) is 22.5 Å². The van der Waals surface area contributed by atoms with Crippen LogP contribution in [0.15, 0.2) is 18.3 Å². The molecule has 0 radical (unpaired) electrons. The van der Waals surface area contributed by atoms with Gasteiger partial charge in [0.1, 0.15) is 5.69 Å². The summed E-state index contributed by atoms with van der Waals surface area (Å²) in [4.78, 5) is 16.5. The van der Waals surface area contributed by atoms with E-state index < -0.39 is 0 Å². The first-order valence-electron chi connectivity index (χ1n) is 7.71. The average Bonchev–Trinajstić information content (AvgIpc) is 2.65. The number of nitrogens with zero attached hydrogens (tertiary/aromatic N) is 1.